The molecule has 1 saturated heterocycles. The Labute approximate surface area is 207 Å². The average Bonchev–Trinajstić information content (AvgIpc) is 3.48. The molecule has 9 heteroatoms. The second-order valence-electron chi connectivity index (χ2n) is 9.81. The van der Waals surface area contributed by atoms with Crippen molar-refractivity contribution in [1.29, 1.82) is 0 Å². The van der Waals surface area contributed by atoms with Crippen molar-refractivity contribution in [3.05, 3.63) is 75.9 Å². The van der Waals surface area contributed by atoms with Gasteiger partial charge in [-0.1, -0.05) is 12.2 Å². The molecule has 2 aromatic carbocycles. The largest absolute Gasteiger partial charge is 0.490 e. The summed E-state index contributed by atoms with van der Waals surface area (Å²) < 4.78 is 11.6. The van der Waals surface area contributed by atoms with Gasteiger partial charge in [-0.15, -0.1) is 0 Å². The molecule has 184 valence electrons. The van der Waals surface area contributed by atoms with Crippen LogP contribution in [0.3, 0.4) is 0 Å². The van der Waals surface area contributed by atoms with Gasteiger partial charge in [0.15, 0.2) is 11.5 Å². The highest BCUT2D eigenvalue weighted by Gasteiger charge is 2.73. The molecule has 36 heavy (non-hydrogen) atoms. The standard InChI is InChI=1S/C27H25N3O6/c1-2-35-22-13-17(5-10-21(22)36-15-16-3-6-18(7-4-16)30(33)34)14-28-29-25(31)23-19-8-9-20(24(23)26(29)32)27(19)11-12-27/h3-10,13-14,19-20,23-24H,2,11-12,15H2,1H3/b28-14-/t19-,20-,23-,24-/m0/s1. The number of hydrogen-bond acceptors (Lipinski definition) is 7. The number of allylic oxidation sites excluding steroid dienone is 2. The molecule has 4 atom stereocenters. The van der Waals surface area contributed by atoms with Crippen LogP contribution in [0.15, 0.2) is 59.7 Å². The van der Waals surface area contributed by atoms with Crippen molar-refractivity contribution in [1.82, 2.24) is 5.01 Å². The number of amides is 2. The molecule has 3 aliphatic carbocycles. The van der Waals surface area contributed by atoms with Crippen molar-refractivity contribution in [3.63, 3.8) is 0 Å². The Bertz CT molecular complexity index is 1280. The van der Waals surface area contributed by atoms with Crippen molar-refractivity contribution < 1.29 is 24.0 Å². The van der Waals surface area contributed by atoms with Crippen molar-refractivity contribution >= 4 is 23.7 Å². The second-order valence-corrected chi connectivity index (χ2v) is 9.81. The van der Waals surface area contributed by atoms with Crippen LogP contribution in [0.2, 0.25) is 0 Å². The normalized spacial score (nSPS) is 26.8. The van der Waals surface area contributed by atoms with E-state index < -0.39 is 4.92 Å². The van der Waals surface area contributed by atoms with E-state index in [1.54, 1.807) is 30.3 Å². The van der Waals surface area contributed by atoms with Gasteiger partial charge >= 0.3 is 0 Å². The van der Waals surface area contributed by atoms with E-state index >= 15 is 0 Å². The third kappa shape index (κ3) is 3.41. The van der Waals surface area contributed by atoms with Crippen LogP contribution in [0.4, 0.5) is 5.69 Å². The number of nitro benzene ring substituents is 1. The Morgan fingerprint density at radius 2 is 1.69 bits per heavy atom. The van der Waals surface area contributed by atoms with Crippen LogP contribution in [0.1, 0.15) is 30.9 Å². The van der Waals surface area contributed by atoms with Crippen molar-refractivity contribution in [2.45, 2.75) is 26.4 Å². The molecule has 1 heterocycles. The quantitative estimate of drug-likeness (QED) is 0.182. The molecular weight excluding hydrogens is 462 g/mol. The maximum absolute atomic E-state index is 13.1. The summed E-state index contributed by atoms with van der Waals surface area (Å²) in [5.74, 6) is 0.393. The number of hydrogen-bond donors (Lipinski definition) is 0. The van der Waals surface area contributed by atoms with E-state index in [1.165, 1.54) is 18.3 Å². The lowest BCUT2D eigenvalue weighted by molar-refractivity contribution is -0.384. The monoisotopic (exact) mass is 487 g/mol. The molecule has 0 unspecified atom stereocenters. The minimum Gasteiger partial charge on any atom is -0.490 e. The summed E-state index contributed by atoms with van der Waals surface area (Å²) in [6.07, 6.45) is 7.99. The number of carbonyl (C=O) groups excluding carboxylic acids is 2. The lowest BCUT2D eigenvalue weighted by atomic mass is 9.85. The summed E-state index contributed by atoms with van der Waals surface area (Å²) in [7, 11) is 0. The molecule has 2 amide bonds. The fraction of sp³-hybridized carbons (Fsp3) is 0.370. The average molecular weight is 488 g/mol. The molecule has 0 radical (unpaired) electrons. The van der Waals surface area contributed by atoms with E-state index in [0.29, 0.717) is 23.7 Å². The Kier molecular flexibility index (Phi) is 5.17. The van der Waals surface area contributed by atoms with Gasteiger partial charge in [-0.3, -0.25) is 19.7 Å². The Morgan fingerprint density at radius 1 is 1.03 bits per heavy atom. The number of benzene rings is 2. The second kappa shape index (κ2) is 8.29. The van der Waals surface area contributed by atoms with Gasteiger partial charge in [0.2, 0.25) is 0 Å². The molecule has 3 fully saturated rings. The van der Waals surface area contributed by atoms with E-state index in [9.17, 15) is 19.7 Å². The lowest BCUT2D eigenvalue weighted by Crippen LogP contribution is -2.30. The first-order valence-corrected chi connectivity index (χ1v) is 12.2. The molecule has 2 bridgehead atoms. The van der Waals surface area contributed by atoms with Crippen molar-refractivity contribution in [2.75, 3.05) is 6.61 Å². The first kappa shape index (κ1) is 22.5. The smallest absolute Gasteiger partial charge is 0.269 e. The van der Waals surface area contributed by atoms with Gasteiger partial charge in [0, 0.05) is 12.1 Å². The number of carbonyl (C=O) groups is 2. The highest BCUT2D eigenvalue weighted by atomic mass is 16.6. The van der Waals surface area contributed by atoms with Gasteiger partial charge < -0.3 is 9.47 Å². The number of non-ortho nitro benzene ring substituents is 1. The number of fused-ring (bicyclic) bond motifs is 3. The van der Waals surface area contributed by atoms with E-state index in [0.717, 1.165) is 23.4 Å². The van der Waals surface area contributed by atoms with E-state index in [4.69, 9.17) is 9.47 Å². The predicted octanol–water partition coefficient (Wildman–Crippen LogP) is 4.10. The third-order valence-corrected chi connectivity index (χ3v) is 7.96. The molecule has 4 aliphatic rings. The summed E-state index contributed by atoms with van der Waals surface area (Å²) in [4.78, 5) is 36.6. The summed E-state index contributed by atoms with van der Waals surface area (Å²) >= 11 is 0. The van der Waals surface area contributed by atoms with Gasteiger partial charge in [0.25, 0.3) is 17.5 Å². The summed E-state index contributed by atoms with van der Waals surface area (Å²) in [6.45, 7) is 2.48. The molecule has 6 rings (SSSR count). The Hall–Kier alpha value is -4.01. The van der Waals surface area contributed by atoms with Crippen molar-refractivity contribution in [3.8, 4) is 11.5 Å². The zero-order chi connectivity index (χ0) is 25.0. The highest BCUT2D eigenvalue weighted by Crippen LogP contribution is 2.73. The molecule has 0 N–H and O–H groups in total. The number of nitrogens with zero attached hydrogens (tertiary/aromatic N) is 3. The summed E-state index contributed by atoms with van der Waals surface area (Å²) in [6, 6.07) is 11.4. The number of hydrazone groups is 1. The lowest BCUT2D eigenvalue weighted by Gasteiger charge is -2.18. The topological polar surface area (TPSA) is 111 Å². The fourth-order valence-corrected chi connectivity index (χ4v) is 6.17. The Morgan fingerprint density at radius 3 is 2.28 bits per heavy atom. The number of ether oxygens (including phenoxy) is 2. The maximum Gasteiger partial charge on any atom is 0.269 e. The van der Waals surface area contributed by atoms with Crippen molar-refractivity contribution in [2.24, 2.45) is 34.2 Å². The van der Waals surface area contributed by atoms with Crippen LogP contribution in [0.5, 0.6) is 11.5 Å². The van der Waals surface area contributed by atoms with Gasteiger partial charge in [0.05, 0.1) is 29.6 Å². The summed E-state index contributed by atoms with van der Waals surface area (Å²) in [5, 5.41) is 16.2. The van der Waals surface area contributed by atoms with Gasteiger partial charge in [-0.2, -0.15) is 10.1 Å². The number of rotatable bonds is 8. The van der Waals surface area contributed by atoms with Gasteiger partial charge in [0.1, 0.15) is 6.61 Å². The van der Waals surface area contributed by atoms with Crippen LogP contribution in [-0.4, -0.2) is 34.6 Å². The van der Waals surface area contributed by atoms with E-state index in [-0.39, 0.29) is 53.2 Å². The first-order chi connectivity index (χ1) is 17.4. The van der Waals surface area contributed by atoms with Crippen LogP contribution in [0, 0.1) is 39.2 Å². The molecule has 9 nitrogen and oxygen atoms in total. The van der Waals surface area contributed by atoms with E-state index in [1.807, 2.05) is 6.92 Å². The molecule has 0 aromatic heterocycles. The van der Waals surface area contributed by atoms with Crippen LogP contribution in [0.25, 0.3) is 0 Å². The number of nitro groups is 1. The highest BCUT2D eigenvalue weighted by molar-refractivity contribution is 6.07. The molecule has 1 aliphatic heterocycles. The number of imide groups is 1. The zero-order valence-corrected chi connectivity index (χ0v) is 19.7. The first-order valence-electron chi connectivity index (χ1n) is 12.2. The minimum atomic E-state index is -0.446. The van der Waals surface area contributed by atoms with Crippen LogP contribution < -0.4 is 9.47 Å². The third-order valence-electron chi connectivity index (χ3n) is 7.96. The Balaban J connectivity index is 1.16. The van der Waals surface area contributed by atoms with Crippen LogP contribution >= 0.6 is 0 Å². The van der Waals surface area contributed by atoms with E-state index in [2.05, 4.69) is 17.3 Å². The maximum atomic E-state index is 13.1. The SMILES string of the molecule is CCOc1cc(/C=N\N2C(=O)[C@@H]3[C@@H](C2=O)[C@@H]2C=C[C@@H]3C23CC3)ccc1OCc1ccc([N+](=O)[O-])cc1. The summed E-state index contributed by atoms with van der Waals surface area (Å²) in [5.41, 5.74) is 1.62. The zero-order valence-electron chi connectivity index (χ0n) is 19.7. The molecule has 1 spiro atoms. The van der Waals surface area contributed by atoms with Gasteiger partial charge in [-0.25, -0.2) is 0 Å². The van der Waals surface area contributed by atoms with Crippen LogP contribution in [-0.2, 0) is 16.2 Å². The predicted molar refractivity (Wildman–Crippen MR) is 129 cm³/mol. The minimum absolute atomic E-state index is 0.0203. The fourth-order valence-electron chi connectivity index (χ4n) is 6.17. The molecule has 2 saturated carbocycles. The van der Waals surface area contributed by atoms with Gasteiger partial charge in [-0.05, 0) is 78.5 Å². The molecular formula is C27H25N3O6. The molecule has 2 aromatic rings.